The third-order valence-electron chi connectivity index (χ3n) is 2.51. The maximum atomic E-state index is 5.60. The number of nitrogens with zero attached hydrogens (tertiary/aromatic N) is 1. The van der Waals surface area contributed by atoms with Crippen LogP contribution >= 0.6 is 11.3 Å². The van der Waals surface area contributed by atoms with Crippen LogP contribution in [0.3, 0.4) is 0 Å². The maximum absolute atomic E-state index is 5.60. The van der Waals surface area contributed by atoms with E-state index in [4.69, 9.17) is 4.74 Å². The van der Waals surface area contributed by atoms with Crippen LogP contribution < -0.4 is 5.32 Å². The second-order valence-electron chi connectivity index (χ2n) is 3.65. The lowest BCUT2D eigenvalue weighted by Gasteiger charge is -2.16. The van der Waals surface area contributed by atoms with Crippen LogP contribution in [0.4, 0.5) is 0 Å². The predicted molar refractivity (Wildman–Crippen MR) is 62.0 cm³/mol. The molecule has 1 aliphatic rings. The van der Waals surface area contributed by atoms with Crippen LogP contribution in [-0.2, 0) is 4.74 Å². The summed E-state index contributed by atoms with van der Waals surface area (Å²) in [5.74, 6) is 1.05. The first-order chi connectivity index (χ1) is 7.22. The van der Waals surface area contributed by atoms with Crippen LogP contribution in [0.5, 0.6) is 0 Å². The fraction of sp³-hybridized carbons (Fsp3) is 0.545. The molecule has 1 aromatic heterocycles. The van der Waals surface area contributed by atoms with Gasteiger partial charge < -0.3 is 10.1 Å². The lowest BCUT2D eigenvalue weighted by Crippen LogP contribution is -2.18. The predicted octanol–water partition coefficient (Wildman–Crippen LogP) is 2.32. The van der Waals surface area contributed by atoms with E-state index >= 15 is 0 Å². The Labute approximate surface area is 94.2 Å². The molecule has 0 aliphatic carbocycles. The van der Waals surface area contributed by atoms with Crippen molar-refractivity contribution < 1.29 is 4.74 Å². The van der Waals surface area contributed by atoms with Crippen molar-refractivity contribution in [1.82, 2.24) is 10.3 Å². The summed E-state index contributed by atoms with van der Waals surface area (Å²) in [5.41, 5.74) is 1.10. The fourth-order valence-corrected chi connectivity index (χ4v) is 2.90. The highest BCUT2D eigenvalue weighted by Gasteiger charge is 2.23. The molecule has 82 valence electrons. The highest BCUT2D eigenvalue weighted by atomic mass is 32.1. The van der Waals surface area contributed by atoms with Crippen LogP contribution in [-0.4, -0.2) is 18.6 Å². The zero-order valence-electron chi connectivity index (χ0n) is 9.33. The second-order valence-corrected chi connectivity index (χ2v) is 4.88. The number of hydrogen-bond acceptors (Lipinski definition) is 4. The van der Waals surface area contributed by atoms with E-state index in [2.05, 4.69) is 23.3 Å². The van der Waals surface area contributed by atoms with Crippen molar-refractivity contribution in [3.63, 3.8) is 0 Å². The number of nitrogens with one attached hydrogen (secondary N) is 1. The van der Waals surface area contributed by atoms with Gasteiger partial charge in [-0.3, -0.25) is 0 Å². The average molecular weight is 224 g/mol. The van der Waals surface area contributed by atoms with Gasteiger partial charge in [0.25, 0.3) is 0 Å². The van der Waals surface area contributed by atoms with E-state index in [0.717, 1.165) is 29.5 Å². The van der Waals surface area contributed by atoms with Gasteiger partial charge >= 0.3 is 0 Å². The number of likely N-dealkylation sites (N-methyl/N-ethyl adjacent to an activating group) is 1. The summed E-state index contributed by atoms with van der Waals surface area (Å²) in [4.78, 5) is 5.71. The standard InChI is InChI=1S/C11H16N2OS/c1-7-11(15-8(2)13-7)10(12-3)9-5-4-6-14-9/h5,10,12H,4,6H2,1-3H3. The van der Waals surface area contributed by atoms with Crippen molar-refractivity contribution in [2.75, 3.05) is 13.7 Å². The number of ether oxygens (including phenoxy) is 1. The summed E-state index contributed by atoms with van der Waals surface area (Å²) < 4.78 is 5.60. The van der Waals surface area contributed by atoms with E-state index in [1.165, 1.54) is 4.88 Å². The Kier molecular flexibility index (Phi) is 3.07. The fourth-order valence-electron chi connectivity index (χ4n) is 1.86. The van der Waals surface area contributed by atoms with Gasteiger partial charge in [-0.25, -0.2) is 4.98 Å². The molecule has 0 saturated heterocycles. The molecule has 0 saturated carbocycles. The Hall–Kier alpha value is -0.870. The molecule has 1 aliphatic heterocycles. The van der Waals surface area contributed by atoms with E-state index < -0.39 is 0 Å². The summed E-state index contributed by atoms with van der Waals surface area (Å²) >= 11 is 1.74. The first-order valence-electron chi connectivity index (χ1n) is 5.16. The number of hydrogen-bond donors (Lipinski definition) is 1. The third kappa shape index (κ3) is 2.06. The number of aromatic nitrogens is 1. The molecule has 0 bridgehead atoms. The third-order valence-corrected chi connectivity index (χ3v) is 3.64. The van der Waals surface area contributed by atoms with E-state index in [-0.39, 0.29) is 6.04 Å². The Bertz CT molecular complexity index is 384. The van der Waals surface area contributed by atoms with Crippen LogP contribution in [0.2, 0.25) is 0 Å². The first kappa shape index (κ1) is 10.6. The summed E-state index contributed by atoms with van der Waals surface area (Å²) in [5, 5.41) is 4.40. The molecule has 15 heavy (non-hydrogen) atoms. The van der Waals surface area contributed by atoms with Crippen LogP contribution in [0, 0.1) is 13.8 Å². The van der Waals surface area contributed by atoms with E-state index in [9.17, 15) is 0 Å². The minimum Gasteiger partial charge on any atom is -0.496 e. The molecule has 0 fully saturated rings. The van der Waals surface area contributed by atoms with Crippen molar-refractivity contribution in [3.05, 3.63) is 27.4 Å². The van der Waals surface area contributed by atoms with Gasteiger partial charge in [0, 0.05) is 6.42 Å². The number of aryl methyl sites for hydroxylation is 2. The monoisotopic (exact) mass is 224 g/mol. The highest BCUT2D eigenvalue weighted by Crippen LogP contribution is 2.32. The van der Waals surface area contributed by atoms with Gasteiger partial charge in [-0.05, 0) is 27.0 Å². The quantitative estimate of drug-likeness (QED) is 0.855. The molecule has 2 heterocycles. The van der Waals surface area contributed by atoms with Gasteiger partial charge in [-0.15, -0.1) is 11.3 Å². The van der Waals surface area contributed by atoms with Crippen molar-refractivity contribution in [3.8, 4) is 0 Å². The summed E-state index contributed by atoms with van der Waals surface area (Å²) in [6.07, 6.45) is 3.18. The van der Waals surface area contributed by atoms with Crippen molar-refractivity contribution >= 4 is 11.3 Å². The van der Waals surface area contributed by atoms with Crippen LogP contribution in [0.25, 0.3) is 0 Å². The second kappa shape index (κ2) is 4.33. The largest absolute Gasteiger partial charge is 0.496 e. The zero-order chi connectivity index (χ0) is 10.8. The smallest absolute Gasteiger partial charge is 0.114 e. The topological polar surface area (TPSA) is 34.1 Å². The van der Waals surface area contributed by atoms with Gasteiger partial charge in [-0.1, -0.05) is 0 Å². The zero-order valence-corrected chi connectivity index (χ0v) is 10.1. The van der Waals surface area contributed by atoms with E-state index in [0.29, 0.717) is 0 Å². The molecule has 4 heteroatoms. The van der Waals surface area contributed by atoms with Gasteiger partial charge in [0.2, 0.25) is 0 Å². The van der Waals surface area contributed by atoms with Gasteiger partial charge in [0.05, 0.1) is 22.2 Å². The molecule has 1 N–H and O–H groups in total. The molecule has 1 atom stereocenters. The minimum atomic E-state index is 0.179. The van der Waals surface area contributed by atoms with Gasteiger partial charge in [0.15, 0.2) is 0 Å². The molecule has 0 amide bonds. The van der Waals surface area contributed by atoms with Crippen LogP contribution in [0.1, 0.15) is 28.0 Å². The molecule has 0 aromatic carbocycles. The Morgan fingerprint density at radius 1 is 1.53 bits per heavy atom. The number of rotatable bonds is 3. The minimum absolute atomic E-state index is 0.179. The van der Waals surface area contributed by atoms with Gasteiger partial charge in [-0.2, -0.15) is 0 Å². The van der Waals surface area contributed by atoms with E-state index in [1.54, 1.807) is 11.3 Å². The molecule has 0 spiro atoms. The maximum Gasteiger partial charge on any atom is 0.114 e. The Morgan fingerprint density at radius 2 is 2.33 bits per heavy atom. The molecular weight excluding hydrogens is 208 g/mol. The Balaban J connectivity index is 2.29. The van der Waals surface area contributed by atoms with Crippen molar-refractivity contribution in [2.24, 2.45) is 0 Å². The normalized spacial score (nSPS) is 17.4. The Morgan fingerprint density at radius 3 is 2.80 bits per heavy atom. The van der Waals surface area contributed by atoms with Crippen molar-refractivity contribution in [1.29, 1.82) is 0 Å². The summed E-state index contributed by atoms with van der Waals surface area (Å²) in [6, 6.07) is 0.179. The van der Waals surface area contributed by atoms with E-state index in [1.807, 2.05) is 14.0 Å². The summed E-state index contributed by atoms with van der Waals surface area (Å²) in [7, 11) is 1.96. The van der Waals surface area contributed by atoms with Crippen molar-refractivity contribution in [2.45, 2.75) is 26.3 Å². The lowest BCUT2D eigenvalue weighted by molar-refractivity contribution is 0.218. The highest BCUT2D eigenvalue weighted by molar-refractivity contribution is 7.11. The van der Waals surface area contributed by atoms with Gasteiger partial charge in [0.1, 0.15) is 11.8 Å². The molecule has 3 nitrogen and oxygen atoms in total. The average Bonchev–Trinajstić information content (AvgIpc) is 2.79. The molecule has 1 aromatic rings. The SMILES string of the molecule is CNC(C1=CCCO1)c1sc(C)nc1C. The summed E-state index contributed by atoms with van der Waals surface area (Å²) in [6.45, 7) is 4.90. The lowest BCUT2D eigenvalue weighted by atomic mass is 10.1. The van der Waals surface area contributed by atoms with Crippen LogP contribution in [0.15, 0.2) is 11.8 Å². The molecular formula is C11H16N2OS. The molecule has 1 unspecified atom stereocenters. The molecule has 2 rings (SSSR count). The molecule has 0 radical (unpaired) electrons. The number of thiazole rings is 1. The first-order valence-corrected chi connectivity index (χ1v) is 5.98.